The molecule has 3 aliphatic rings. The maximum absolute atomic E-state index is 5.67. The van der Waals surface area contributed by atoms with Crippen LogP contribution in [0.15, 0.2) is 12.2 Å². The molecule has 1 aliphatic heterocycles. The molecule has 4 unspecified atom stereocenters. The second-order valence-electron chi connectivity index (χ2n) is 5.61. The van der Waals surface area contributed by atoms with Gasteiger partial charge in [-0.2, -0.15) is 0 Å². The maximum atomic E-state index is 5.67. The van der Waals surface area contributed by atoms with E-state index in [0.29, 0.717) is 6.10 Å². The fraction of sp³-hybridized carbons (Fsp3) is 0.857. The van der Waals surface area contributed by atoms with Crippen molar-refractivity contribution in [2.24, 2.45) is 17.8 Å². The Kier molecular flexibility index (Phi) is 2.83. The molecule has 4 atom stereocenters. The van der Waals surface area contributed by atoms with E-state index >= 15 is 0 Å². The van der Waals surface area contributed by atoms with E-state index in [1.807, 2.05) is 0 Å². The number of allylic oxidation sites excluding steroid dienone is 2. The first-order valence-corrected chi connectivity index (χ1v) is 6.72. The second-order valence-corrected chi connectivity index (χ2v) is 5.61. The summed E-state index contributed by atoms with van der Waals surface area (Å²) in [5.41, 5.74) is 0. The van der Waals surface area contributed by atoms with Crippen LogP contribution in [0.1, 0.15) is 44.9 Å². The van der Waals surface area contributed by atoms with Crippen LogP contribution in [0.2, 0.25) is 0 Å². The lowest BCUT2D eigenvalue weighted by atomic mass is 9.88. The molecule has 1 saturated carbocycles. The zero-order chi connectivity index (χ0) is 10.1. The average molecular weight is 206 g/mol. The minimum Gasteiger partial charge on any atom is -0.378 e. The fourth-order valence-electron chi connectivity index (χ4n) is 3.71. The van der Waals surface area contributed by atoms with Crippen molar-refractivity contribution in [2.75, 3.05) is 6.61 Å². The minimum absolute atomic E-state index is 0.610. The average Bonchev–Trinajstić information content (AvgIpc) is 2.93. The van der Waals surface area contributed by atoms with Gasteiger partial charge in [0.15, 0.2) is 0 Å². The molecule has 0 spiro atoms. The third-order valence-electron chi connectivity index (χ3n) is 4.54. The van der Waals surface area contributed by atoms with Crippen LogP contribution in [0.25, 0.3) is 0 Å². The van der Waals surface area contributed by atoms with Crippen molar-refractivity contribution < 1.29 is 4.74 Å². The molecule has 2 bridgehead atoms. The van der Waals surface area contributed by atoms with Crippen molar-refractivity contribution in [1.82, 2.24) is 0 Å². The fourth-order valence-corrected chi connectivity index (χ4v) is 3.71. The molecule has 2 aliphatic carbocycles. The van der Waals surface area contributed by atoms with Crippen molar-refractivity contribution in [2.45, 2.75) is 51.0 Å². The minimum atomic E-state index is 0.610. The van der Waals surface area contributed by atoms with Gasteiger partial charge in [-0.3, -0.25) is 0 Å². The second kappa shape index (κ2) is 4.29. The first kappa shape index (κ1) is 9.89. The molecule has 1 saturated heterocycles. The van der Waals surface area contributed by atoms with E-state index in [4.69, 9.17) is 4.74 Å². The van der Waals surface area contributed by atoms with Crippen LogP contribution in [0.3, 0.4) is 0 Å². The first-order chi connectivity index (χ1) is 7.42. The van der Waals surface area contributed by atoms with Gasteiger partial charge in [0, 0.05) is 6.61 Å². The summed E-state index contributed by atoms with van der Waals surface area (Å²) in [5, 5.41) is 0. The molecule has 1 heteroatoms. The lowest BCUT2D eigenvalue weighted by Crippen LogP contribution is -2.09. The van der Waals surface area contributed by atoms with Gasteiger partial charge in [-0.25, -0.2) is 0 Å². The highest BCUT2D eigenvalue weighted by molar-refractivity contribution is 5.09. The third-order valence-corrected chi connectivity index (χ3v) is 4.54. The number of hydrogen-bond acceptors (Lipinski definition) is 1. The maximum Gasteiger partial charge on any atom is 0.0576 e. The molecule has 2 fully saturated rings. The summed E-state index contributed by atoms with van der Waals surface area (Å²) in [6, 6.07) is 0. The topological polar surface area (TPSA) is 9.23 Å². The van der Waals surface area contributed by atoms with E-state index in [-0.39, 0.29) is 0 Å². The highest BCUT2D eigenvalue weighted by atomic mass is 16.5. The Morgan fingerprint density at radius 1 is 1.13 bits per heavy atom. The first-order valence-electron chi connectivity index (χ1n) is 6.72. The number of fused-ring (bicyclic) bond motifs is 2. The van der Waals surface area contributed by atoms with Gasteiger partial charge in [0.2, 0.25) is 0 Å². The van der Waals surface area contributed by atoms with Crippen molar-refractivity contribution in [3.8, 4) is 0 Å². The van der Waals surface area contributed by atoms with Crippen molar-refractivity contribution in [1.29, 1.82) is 0 Å². The van der Waals surface area contributed by atoms with Gasteiger partial charge >= 0.3 is 0 Å². The van der Waals surface area contributed by atoms with Crippen molar-refractivity contribution in [3.63, 3.8) is 0 Å². The third kappa shape index (κ3) is 2.13. The molecule has 0 aromatic carbocycles. The van der Waals surface area contributed by atoms with Gasteiger partial charge in [0.1, 0.15) is 0 Å². The Morgan fingerprint density at radius 2 is 2.13 bits per heavy atom. The Bertz CT molecular complexity index is 240. The van der Waals surface area contributed by atoms with Crippen LogP contribution in [0.5, 0.6) is 0 Å². The summed E-state index contributed by atoms with van der Waals surface area (Å²) in [5.74, 6) is 2.91. The molecule has 0 radical (unpaired) electrons. The summed E-state index contributed by atoms with van der Waals surface area (Å²) >= 11 is 0. The van der Waals surface area contributed by atoms with Crippen LogP contribution >= 0.6 is 0 Å². The van der Waals surface area contributed by atoms with Crippen LogP contribution in [0, 0.1) is 17.8 Å². The molecule has 3 rings (SSSR count). The highest BCUT2D eigenvalue weighted by Crippen LogP contribution is 2.45. The molecule has 1 nitrogen and oxygen atoms in total. The van der Waals surface area contributed by atoms with E-state index in [2.05, 4.69) is 12.2 Å². The molecular weight excluding hydrogens is 184 g/mol. The Morgan fingerprint density at radius 3 is 2.80 bits per heavy atom. The lowest BCUT2D eigenvalue weighted by Gasteiger charge is -2.18. The standard InChI is InChI=1S/C14H22O/c1(4-14-5-2-8-15-14)3-12-9-11-6-7-13(12)10-11/h6-7,11-14H,1-5,8-10H2. The Labute approximate surface area is 92.9 Å². The van der Waals surface area contributed by atoms with E-state index in [1.54, 1.807) is 0 Å². The molecule has 0 amide bonds. The monoisotopic (exact) mass is 206 g/mol. The number of hydrogen-bond donors (Lipinski definition) is 0. The van der Waals surface area contributed by atoms with Crippen LogP contribution in [-0.4, -0.2) is 12.7 Å². The quantitative estimate of drug-likeness (QED) is 0.639. The molecule has 84 valence electrons. The predicted molar refractivity (Wildman–Crippen MR) is 61.7 cm³/mol. The van der Waals surface area contributed by atoms with E-state index in [1.165, 1.54) is 44.9 Å². The summed E-state index contributed by atoms with van der Waals surface area (Å²) in [4.78, 5) is 0. The summed E-state index contributed by atoms with van der Waals surface area (Å²) in [7, 11) is 0. The number of rotatable bonds is 4. The van der Waals surface area contributed by atoms with Crippen molar-refractivity contribution in [3.05, 3.63) is 12.2 Å². The molecule has 15 heavy (non-hydrogen) atoms. The predicted octanol–water partition coefficient (Wildman–Crippen LogP) is 3.55. The lowest BCUT2D eigenvalue weighted by molar-refractivity contribution is 0.100. The van der Waals surface area contributed by atoms with Gasteiger partial charge in [0.25, 0.3) is 0 Å². The zero-order valence-electron chi connectivity index (χ0n) is 9.53. The normalized spacial score (nSPS) is 42.9. The molecule has 0 aromatic heterocycles. The molecule has 0 aromatic rings. The van der Waals surface area contributed by atoms with Crippen molar-refractivity contribution >= 4 is 0 Å². The van der Waals surface area contributed by atoms with Gasteiger partial charge in [-0.05, 0) is 56.3 Å². The molecule has 1 heterocycles. The van der Waals surface area contributed by atoms with E-state index in [9.17, 15) is 0 Å². The zero-order valence-corrected chi connectivity index (χ0v) is 9.53. The largest absolute Gasteiger partial charge is 0.378 e. The summed E-state index contributed by atoms with van der Waals surface area (Å²) in [6.45, 7) is 1.02. The molecule has 0 N–H and O–H groups in total. The van der Waals surface area contributed by atoms with Gasteiger partial charge < -0.3 is 4.74 Å². The van der Waals surface area contributed by atoms with Crippen LogP contribution < -0.4 is 0 Å². The van der Waals surface area contributed by atoms with E-state index < -0.39 is 0 Å². The summed E-state index contributed by atoms with van der Waals surface area (Å²) < 4.78 is 5.67. The molecular formula is C14H22O. The van der Waals surface area contributed by atoms with Crippen LogP contribution in [0.4, 0.5) is 0 Å². The summed E-state index contributed by atoms with van der Waals surface area (Å²) in [6.07, 6.45) is 15.2. The number of ether oxygens (including phenoxy) is 1. The van der Waals surface area contributed by atoms with Gasteiger partial charge in [-0.1, -0.05) is 18.6 Å². The SMILES string of the molecule is C1=CC2CC1CC2CCCC1CCCO1. The highest BCUT2D eigenvalue weighted by Gasteiger charge is 2.34. The Balaban J connectivity index is 1.38. The van der Waals surface area contributed by atoms with Crippen LogP contribution in [-0.2, 0) is 4.74 Å². The van der Waals surface area contributed by atoms with Gasteiger partial charge in [0.05, 0.1) is 6.10 Å². The van der Waals surface area contributed by atoms with E-state index in [0.717, 1.165) is 24.4 Å². The smallest absolute Gasteiger partial charge is 0.0576 e. The van der Waals surface area contributed by atoms with Gasteiger partial charge in [-0.15, -0.1) is 0 Å². The Hall–Kier alpha value is -0.300.